The first-order chi connectivity index (χ1) is 34.7. The van der Waals surface area contributed by atoms with Gasteiger partial charge in [-0.1, -0.05) is 84.9 Å². The monoisotopic (exact) mass is 984 g/mol. The lowest BCUT2D eigenvalue weighted by atomic mass is 9.97. The Hall–Kier alpha value is -7.22. The summed E-state index contributed by atoms with van der Waals surface area (Å²) in [4.78, 5) is 28.8. The number of aliphatic imine (C=N–C) groups is 2. The van der Waals surface area contributed by atoms with Crippen LogP contribution < -0.4 is 0 Å². The van der Waals surface area contributed by atoms with Gasteiger partial charge in [-0.05, 0) is 113 Å². The molecule has 6 aromatic heterocycles. The van der Waals surface area contributed by atoms with E-state index in [0.717, 1.165) is 113 Å². The average Bonchev–Trinajstić information content (AvgIpc) is 4.26. The third kappa shape index (κ3) is 8.41. The first-order valence-electron chi connectivity index (χ1n) is 24.3. The van der Waals surface area contributed by atoms with Gasteiger partial charge in [0.25, 0.3) is 0 Å². The Kier molecular flexibility index (Phi) is 12.1. The SMILES string of the molecule is CC1=NCC(C)=C1c1cnc2c3ccc(C(C)(C)O)cc3n(C(c3ccccc3)c3cscn3)c2c1.CC1=NCC(C)=C1c1cnc2c3ccc(C(C)(C)O)cc3n(C(c3ccccc3)c3cscn3)c2c1. The Morgan fingerprint density at radius 3 is 1.24 bits per heavy atom. The molecule has 360 valence electrons. The predicted octanol–water partition coefficient (Wildman–Crippen LogP) is 13.5. The number of allylic oxidation sites excluding steroid dienone is 2. The highest BCUT2D eigenvalue weighted by Crippen LogP contribution is 2.42. The smallest absolute Gasteiger partial charge is 0.102 e. The second kappa shape index (κ2) is 18.4. The van der Waals surface area contributed by atoms with Crippen molar-refractivity contribution in [3.05, 3.63) is 199 Å². The van der Waals surface area contributed by atoms with E-state index in [0.29, 0.717) is 0 Å². The minimum atomic E-state index is -0.962. The van der Waals surface area contributed by atoms with Crippen LogP contribution in [0.5, 0.6) is 0 Å². The molecule has 12 heteroatoms. The maximum atomic E-state index is 10.8. The highest BCUT2D eigenvalue weighted by atomic mass is 32.1. The molecular weight excluding hydrogens is 929 g/mol. The number of aliphatic hydroxyl groups is 2. The van der Waals surface area contributed by atoms with Crippen LogP contribution in [0.25, 0.3) is 55.0 Å². The summed E-state index contributed by atoms with van der Waals surface area (Å²) in [5.74, 6) is 0. The van der Waals surface area contributed by atoms with E-state index >= 15 is 0 Å². The summed E-state index contributed by atoms with van der Waals surface area (Å²) in [6.45, 7) is 17.2. The number of rotatable bonds is 10. The van der Waals surface area contributed by atoms with Gasteiger partial charge >= 0.3 is 0 Å². The summed E-state index contributed by atoms with van der Waals surface area (Å²) in [5.41, 5.74) is 23.0. The molecule has 72 heavy (non-hydrogen) atoms. The molecule has 0 saturated carbocycles. The Labute approximate surface area is 427 Å². The molecule has 0 aliphatic carbocycles. The maximum Gasteiger partial charge on any atom is 0.102 e. The molecule has 0 radical (unpaired) electrons. The van der Waals surface area contributed by atoms with Crippen LogP contribution in [-0.4, -0.2) is 63.8 Å². The number of benzene rings is 4. The fraction of sp³-hybridized carbons (Fsp3) is 0.233. The van der Waals surface area contributed by atoms with E-state index in [1.165, 1.54) is 22.3 Å². The van der Waals surface area contributed by atoms with Crippen LogP contribution >= 0.6 is 22.7 Å². The number of pyridine rings is 2. The van der Waals surface area contributed by atoms with Gasteiger partial charge in [-0.25, -0.2) is 9.97 Å². The molecule has 2 aliphatic rings. The molecule has 10 nitrogen and oxygen atoms in total. The molecule has 0 saturated heterocycles. The van der Waals surface area contributed by atoms with Gasteiger partial charge in [0.15, 0.2) is 0 Å². The minimum Gasteiger partial charge on any atom is -0.386 e. The first kappa shape index (κ1) is 47.1. The van der Waals surface area contributed by atoms with Crippen molar-refractivity contribution in [2.75, 3.05) is 13.1 Å². The van der Waals surface area contributed by atoms with Gasteiger partial charge in [-0.15, -0.1) is 22.7 Å². The minimum absolute atomic E-state index is 0.139. The highest BCUT2D eigenvalue weighted by molar-refractivity contribution is 7.07. The van der Waals surface area contributed by atoms with Crippen molar-refractivity contribution >= 4 is 89.1 Å². The number of aromatic nitrogens is 6. The van der Waals surface area contributed by atoms with E-state index in [1.807, 2.05) is 75.4 Å². The van der Waals surface area contributed by atoms with Crippen LogP contribution in [0.3, 0.4) is 0 Å². The van der Waals surface area contributed by atoms with E-state index in [2.05, 4.69) is 143 Å². The Balaban J connectivity index is 0.000000156. The summed E-state index contributed by atoms with van der Waals surface area (Å²) >= 11 is 3.20. The average molecular weight is 985 g/mol. The molecule has 4 aromatic carbocycles. The molecule has 8 heterocycles. The Morgan fingerprint density at radius 2 is 0.903 bits per heavy atom. The van der Waals surface area contributed by atoms with Crippen molar-refractivity contribution in [1.29, 1.82) is 0 Å². The Bertz CT molecular complexity index is 3560. The summed E-state index contributed by atoms with van der Waals surface area (Å²) in [6.07, 6.45) is 3.94. The van der Waals surface area contributed by atoms with Gasteiger partial charge in [0.2, 0.25) is 0 Å². The summed E-state index contributed by atoms with van der Waals surface area (Å²) < 4.78 is 4.69. The normalized spacial score (nSPS) is 15.2. The van der Waals surface area contributed by atoms with Gasteiger partial charge < -0.3 is 19.3 Å². The molecule has 0 fully saturated rings. The third-order valence-electron chi connectivity index (χ3n) is 14.2. The summed E-state index contributed by atoms with van der Waals surface area (Å²) in [5, 5.41) is 28.0. The fourth-order valence-corrected chi connectivity index (χ4v) is 11.8. The second-order valence-corrected chi connectivity index (χ2v) is 21.5. The largest absolute Gasteiger partial charge is 0.386 e. The van der Waals surface area contributed by atoms with E-state index in [9.17, 15) is 10.2 Å². The van der Waals surface area contributed by atoms with Crippen LogP contribution in [0, 0.1) is 0 Å². The van der Waals surface area contributed by atoms with Crippen LogP contribution in [-0.2, 0) is 11.2 Å². The zero-order chi connectivity index (χ0) is 50.1. The van der Waals surface area contributed by atoms with Crippen molar-refractivity contribution < 1.29 is 10.2 Å². The predicted molar refractivity (Wildman–Crippen MR) is 298 cm³/mol. The molecule has 0 bridgehead atoms. The van der Waals surface area contributed by atoms with E-state index in [1.54, 1.807) is 22.7 Å². The molecule has 12 rings (SSSR count). The molecule has 2 N–H and O–H groups in total. The lowest BCUT2D eigenvalue weighted by molar-refractivity contribution is 0.0781. The lowest BCUT2D eigenvalue weighted by Gasteiger charge is -2.22. The molecule has 2 unspecified atom stereocenters. The summed E-state index contributed by atoms with van der Waals surface area (Å²) in [6, 6.07) is 37.6. The first-order valence-corrected chi connectivity index (χ1v) is 26.2. The quantitative estimate of drug-likeness (QED) is 0.141. The molecule has 10 aromatic rings. The number of hydrogen-bond donors (Lipinski definition) is 2. The molecule has 2 atom stereocenters. The van der Waals surface area contributed by atoms with Crippen molar-refractivity contribution in [2.45, 2.75) is 78.7 Å². The zero-order valence-corrected chi connectivity index (χ0v) is 43.3. The number of thiazole rings is 2. The molecule has 0 spiro atoms. The lowest BCUT2D eigenvalue weighted by Crippen LogP contribution is -2.16. The number of nitrogens with zero attached hydrogens (tertiary/aromatic N) is 8. The van der Waals surface area contributed by atoms with E-state index in [4.69, 9.17) is 19.9 Å². The number of fused-ring (bicyclic) bond motifs is 6. The van der Waals surface area contributed by atoms with Gasteiger partial charge in [-0.2, -0.15) is 0 Å². The highest BCUT2D eigenvalue weighted by Gasteiger charge is 2.29. The van der Waals surface area contributed by atoms with Crippen molar-refractivity contribution in [3.8, 4) is 0 Å². The number of hydrogen-bond acceptors (Lipinski definition) is 10. The fourth-order valence-electron chi connectivity index (χ4n) is 10.6. The topological polar surface area (TPSA) is 127 Å². The van der Waals surface area contributed by atoms with Gasteiger partial charge in [-0.3, -0.25) is 20.0 Å². The van der Waals surface area contributed by atoms with Gasteiger partial charge in [0, 0.05) is 67.6 Å². The zero-order valence-electron chi connectivity index (χ0n) is 41.7. The van der Waals surface area contributed by atoms with Crippen molar-refractivity contribution in [2.24, 2.45) is 9.98 Å². The van der Waals surface area contributed by atoms with Crippen LogP contribution in [0.1, 0.15) is 112 Å². The van der Waals surface area contributed by atoms with E-state index < -0.39 is 11.2 Å². The standard InChI is InChI=1S/2C30H28N4OS/c2*1-18-14-31-19(2)27(18)21-12-26-28(32-15-21)23-11-10-22(30(3,4)35)13-25(23)34(26)29(24-16-36-17-33-24)20-8-6-5-7-9-20/h2*5-13,15-17,29,35H,14H2,1-4H3. The van der Waals surface area contributed by atoms with Crippen molar-refractivity contribution in [3.63, 3.8) is 0 Å². The van der Waals surface area contributed by atoms with Crippen LogP contribution in [0.2, 0.25) is 0 Å². The van der Waals surface area contributed by atoms with E-state index in [-0.39, 0.29) is 12.1 Å². The molecular formula is C60H56N8O2S2. The third-order valence-corrected chi connectivity index (χ3v) is 15.4. The molecule has 2 aliphatic heterocycles. The molecule has 0 amide bonds. The second-order valence-electron chi connectivity index (χ2n) is 20.1. The van der Waals surface area contributed by atoms with Gasteiger partial charge in [0.05, 0.1) is 79.8 Å². The Morgan fingerprint density at radius 1 is 0.500 bits per heavy atom. The van der Waals surface area contributed by atoms with Crippen molar-refractivity contribution in [1.82, 2.24) is 29.1 Å². The van der Waals surface area contributed by atoms with Crippen LogP contribution in [0.15, 0.2) is 165 Å². The van der Waals surface area contributed by atoms with Gasteiger partial charge in [0.1, 0.15) is 12.1 Å². The maximum absolute atomic E-state index is 10.8. The van der Waals surface area contributed by atoms with Crippen LogP contribution in [0.4, 0.5) is 0 Å². The summed E-state index contributed by atoms with van der Waals surface area (Å²) in [7, 11) is 0.